The van der Waals surface area contributed by atoms with Gasteiger partial charge >= 0.3 is 17.9 Å². The SMILES string of the molecule is CCCCCCCCCCCCCCCCCCCCCCCCCCCCCC(=O)OCC(COC(=O)CCCCCCCCCCCCCCCCC)OC(=O)CCCCCCCCCCCCCCCCCCCCCC. The second kappa shape index (κ2) is 69.9. The van der Waals surface area contributed by atoms with E-state index in [0.29, 0.717) is 19.3 Å². The second-order valence-electron chi connectivity index (χ2n) is 25.6. The van der Waals surface area contributed by atoms with Crippen LogP contribution in [0.5, 0.6) is 0 Å². The van der Waals surface area contributed by atoms with Gasteiger partial charge < -0.3 is 14.2 Å². The molecule has 6 nitrogen and oxygen atoms in total. The van der Waals surface area contributed by atoms with Gasteiger partial charge in [-0.15, -0.1) is 0 Å². The predicted molar refractivity (Wildman–Crippen MR) is 349 cm³/mol. The van der Waals surface area contributed by atoms with Gasteiger partial charge in [0.05, 0.1) is 0 Å². The summed E-state index contributed by atoms with van der Waals surface area (Å²) in [7, 11) is 0. The van der Waals surface area contributed by atoms with Gasteiger partial charge in [-0.1, -0.05) is 400 Å². The lowest BCUT2D eigenvalue weighted by atomic mass is 10.0. The van der Waals surface area contributed by atoms with Crippen molar-refractivity contribution in [2.24, 2.45) is 0 Å². The monoisotopic (exact) mass is 1130 g/mol. The fraction of sp³-hybridized carbons (Fsp3) is 0.959. The topological polar surface area (TPSA) is 78.9 Å². The number of ether oxygens (including phenoxy) is 3. The van der Waals surface area contributed by atoms with Crippen molar-refractivity contribution in [1.29, 1.82) is 0 Å². The van der Waals surface area contributed by atoms with Crippen LogP contribution in [0, 0.1) is 0 Å². The molecule has 0 fully saturated rings. The molecule has 0 rings (SSSR count). The molecule has 0 N–H and O–H groups in total. The van der Waals surface area contributed by atoms with Gasteiger partial charge in [-0.05, 0) is 19.3 Å². The minimum atomic E-state index is -0.764. The number of hydrogen-bond acceptors (Lipinski definition) is 6. The maximum Gasteiger partial charge on any atom is 0.306 e. The molecule has 0 bridgehead atoms. The molecule has 0 aromatic heterocycles. The van der Waals surface area contributed by atoms with Gasteiger partial charge in [-0.2, -0.15) is 0 Å². The summed E-state index contributed by atoms with van der Waals surface area (Å²) < 4.78 is 17.0. The molecule has 0 aliphatic carbocycles. The third kappa shape index (κ3) is 67.2. The molecule has 0 aromatic rings. The van der Waals surface area contributed by atoms with Crippen molar-refractivity contribution in [3.05, 3.63) is 0 Å². The Balaban J connectivity index is 4.19. The Bertz CT molecular complexity index is 1200. The quantitative estimate of drug-likeness (QED) is 0.0343. The molecule has 476 valence electrons. The van der Waals surface area contributed by atoms with E-state index >= 15 is 0 Å². The summed E-state index contributed by atoms with van der Waals surface area (Å²) in [5.41, 5.74) is 0. The zero-order chi connectivity index (χ0) is 57.8. The largest absolute Gasteiger partial charge is 0.462 e. The third-order valence-corrected chi connectivity index (χ3v) is 17.4. The fourth-order valence-electron chi connectivity index (χ4n) is 11.8. The van der Waals surface area contributed by atoms with Crippen LogP contribution in [0.25, 0.3) is 0 Å². The lowest BCUT2D eigenvalue weighted by Gasteiger charge is -2.18. The first-order valence-corrected chi connectivity index (χ1v) is 37.0. The van der Waals surface area contributed by atoms with Gasteiger partial charge in [0, 0.05) is 19.3 Å². The third-order valence-electron chi connectivity index (χ3n) is 17.4. The summed E-state index contributed by atoms with van der Waals surface area (Å²) in [4.78, 5) is 38.5. The van der Waals surface area contributed by atoms with E-state index in [2.05, 4.69) is 20.8 Å². The van der Waals surface area contributed by atoms with Crippen molar-refractivity contribution in [2.45, 2.75) is 444 Å². The Morgan fingerprint density at radius 3 is 0.500 bits per heavy atom. The van der Waals surface area contributed by atoms with E-state index in [9.17, 15) is 14.4 Å². The van der Waals surface area contributed by atoms with Gasteiger partial charge in [0.25, 0.3) is 0 Å². The van der Waals surface area contributed by atoms with E-state index in [1.165, 1.54) is 340 Å². The highest BCUT2D eigenvalue weighted by Gasteiger charge is 2.20. The number of carbonyl (C=O) groups excluding carboxylic acids is 3. The molecule has 0 radical (unpaired) electrons. The summed E-state index contributed by atoms with van der Waals surface area (Å²) in [5, 5.41) is 0. The summed E-state index contributed by atoms with van der Waals surface area (Å²) in [6.07, 6.45) is 82.9. The molecule has 0 aliphatic rings. The standard InChI is InChI=1S/C74H144O6/c1-4-7-10-13-16-19-22-25-28-30-32-34-35-36-37-38-39-40-42-43-46-49-52-55-58-61-64-67-73(76)79-70-71(69-78-72(75)66-63-60-57-54-51-48-45-27-24-21-18-15-12-9-6-3)80-74(77)68-65-62-59-56-53-50-47-44-41-33-31-29-26-23-20-17-14-11-8-5-2/h71H,4-70H2,1-3H3. The molecule has 0 aromatic carbocycles. The Morgan fingerprint density at radius 2 is 0.338 bits per heavy atom. The summed E-state index contributed by atoms with van der Waals surface area (Å²) in [6.45, 7) is 6.75. The van der Waals surface area contributed by atoms with E-state index < -0.39 is 6.10 Å². The zero-order valence-corrected chi connectivity index (χ0v) is 54.9. The highest BCUT2D eigenvalue weighted by Crippen LogP contribution is 2.20. The maximum absolute atomic E-state index is 13.0. The molecular formula is C74H144O6. The maximum atomic E-state index is 13.0. The fourth-order valence-corrected chi connectivity index (χ4v) is 11.8. The van der Waals surface area contributed by atoms with Gasteiger partial charge in [0.2, 0.25) is 0 Å². The number of hydrogen-bond donors (Lipinski definition) is 0. The number of unbranched alkanes of at least 4 members (excludes halogenated alkanes) is 59. The average molecular weight is 1130 g/mol. The first kappa shape index (κ1) is 78.4. The van der Waals surface area contributed by atoms with E-state index in [1.54, 1.807) is 0 Å². The van der Waals surface area contributed by atoms with Gasteiger partial charge in [0.15, 0.2) is 6.10 Å². The lowest BCUT2D eigenvalue weighted by Crippen LogP contribution is -2.30. The van der Waals surface area contributed by atoms with E-state index in [-0.39, 0.29) is 31.1 Å². The Labute approximate surface area is 501 Å². The Hall–Kier alpha value is -1.59. The van der Waals surface area contributed by atoms with Crippen LogP contribution in [0.4, 0.5) is 0 Å². The zero-order valence-electron chi connectivity index (χ0n) is 54.9. The van der Waals surface area contributed by atoms with Crippen molar-refractivity contribution >= 4 is 17.9 Å². The normalized spacial score (nSPS) is 11.9. The van der Waals surface area contributed by atoms with Gasteiger partial charge in [-0.3, -0.25) is 14.4 Å². The molecular weight excluding hydrogens is 985 g/mol. The van der Waals surface area contributed by atoms with Crippen LogP contribution in [-0.4, -0.2) is 37.2 Å². The molecule has 0 spiro atoms. The van der Waals surface area contributed by atoms with E-state index in [4.69, 9.17) is 14.2 Å². The lowest BCUT2D eigenvalue weighted by molar-refractivity contribution is -0.167. The van der Waals surface area contributed by atoms with Crippen LogP contribution in [-0.2, 0) is 28.6 Å². The van der Waals surface area contributed by atoms with Crippen LogP contribution in [0.1, 0.15) is 438 Å². The summed E-state index contributed by atoms with van der Waals surface area (Å²) >= 11 is 0. The number of esters is 3. The van der Waals surface area contributed by atoms with Crippen LogP contribution < -0.4 is 0 Å². The van der Waals surface area contributed by atoms with Crippen LogP contribution in [0.15, 0.2) is 0 Å². The predicted octanol–water partition coefficient (Wildman–Crippen LogP) is 25.4. The molecule has 0 aliphatic heterocycles. The summed E-state index contributed by atoms with van der Waals surface area (Å²) in [5.74, 6) is -0.816. The second-order valence-corrected chi connectivity index (χ2v) is 25.6. The van der Waals surface area contributed by atoms with E-state index in [0.717, 1.165) is 57.8 Å². The summed E-state index contributed by atoms with van der Waals surface area (Å²) in [6, 6.07) is 0. The van der Waals surface area contributed by atoms with Crippen LogP contribution >= 0.6 is 0 Å². The van der Waals surface area contributed by atoms with Crippen molar-refractivity contribution in [3.8, 4) is 0 Å². The first-order valence-electron chi connectivity index (χ1n) is 37.0. The molecule has 0 saturated carbocycles. The van der Waals surface area contributed by atoms with E-state index in [1.807, 2.05) is 0 Å². The number of rotatable bonds is 70. The highest BCUT2D eigenvalue weighted by molar-refractivity contribution is 5.71. The molecule has 1 atom stereocenters. The molecule has 1 unspecified atom stereocenters. The smallest absolute Gasteiger partial charge is 0.306 e. The first-order chi connectivity index (χ1) is 39.5. The van der Waals surface area contributed by atoms with Gasteiger partial charge in [0.1, 0.15) is 13.2 Å². The van der Waals surface area contributed by atoms with Crippen LogP contribution in [0.2, 0.25) is 0 Å². The molecule has 0 amide bonds. The molecule has 0 saturated heterocycles. The molecule has 6 heteroatoms. The van der Waals surface area contributed by atoms with Gasteiger partial charge in [-0.25, -0.2) is 0 Å². The van der Waals surface area contributed by atoms with Crippen molar-refractivity contribution in [1.82, 2.24) is 0 Å². The minimum absolute atomic E-state index is 0.0599. The van der Waals surface area contributed by atoms with Crippen LogP contribution in [0.3, 0.4) is 0 Å². The minimum Gasteiger partial charge on any atom is -0.462 e. The molecule has 0 heterocycles. The highest BCUT2D eigenvalue weighted by atomic mass is 16.6. The van der Waals surface area contributed by atoms with Crippen molar-refractivity contribution in [3.63, 3.8) is 0 Å². The number of carbonyl (C=O) groups is 3. The Morgan fingerprint density at radius 1 is 0.200 bits per heavy atom. The van der Waals surface area contributed by atoms with Crippen molar-refractivity contribution < 1.29 is 28.6 Å². The van der Waals surface area contributed by atoms with Crippen molar-refractivity contribution in [2.75, 3.05) is 13.2 Å². The molecule has 80 heavy (non-hydrogen) atoms. The Kier molecular flexibility index (Phi) is 68.5. The average Bonchev–Trinajstić information content (AvgIpc) is 3.46.